The molecule has 2 heterocycles. The van der Waals surface area contributed by atoms with Crippen LogP contribution in [-0.4, -0.2) is 29.1 Å². The number of nitrogens with two attached hydrogens (primary N) is 1. The topological polar surface area (TPSA) is 57.9 Å². The summed E-state index contributed by atoms with van der Waals surface area (Å²) in [4.78, 5) is 10.4. The van der Waals surface area contributed by atoms with Crippen molar-refractivity contribution in [1.82, 2.24) is 9.97 Å². The van der Waals surface area contributed by atoms with Gasteiger partial charge >= 0.3 is 0 Å². The number of aromatic nitrogens is 2. The molecule has 4 heteroatoms. The minimum atomic E-state index is 0.518. The molecule has 1 aromatic carbocycles. The normalized spacial score (nSPS) is 24.7. The fourth-order valence-electron chi connectivity index (χ4n) is 2.68. The number of nitrogens with one attached hydrogen (secondary N) is 1. The highest BCUT2D eigenvalue weighted by Gasteiger charge is 2.29. The molecule has 2 unspecified atom stereocenters. The first-order valence-corrected chi connectivity index (χ1v) is 6.19. The van der Waals surface area contributed by atoms with Gasteiger partial charge in [0, 0.05) is 12.6 Å². The minimum absolute atomic E-state index is 0.518. The molecule has 3 N–H and O–H groups in total. The van der Waals surface area contributed by atoms with Crippen molar-refractivity contribution in [3.05, 3.63) is 24.3 Å². The van der Waals surface area contributed by atoms with E-state index in [1.54, 1.807) is 0 Å². The Morgan fingerprint density at radius 1 is 1.47 bits per heavy atom. The third-order valence-electron chi connectivity index (χ3n) is 3.64. The molecule has 1 aromatic heterocycles. The van der Waals surface area contributed by atoms with E-state index in [2.05, 4.69) is 27.9 Å². The Morgan fingerprint density at radius 3 is 3.00 bits per heavy atom. The first-order valence-electron chi connectivity index (χ1n) is 6.19. The lowest BCUT2D eigenvalue weighted by atomic mass is 10.1. The molecular weight excluding hydrogens is 212 g/mol. The van der Waals surface area contributed by atoms with Gasteiger partial charge in [-0.1, -0.05) is 12.1 Å². The summed E-state index contributed by atoms with van der Waals surface area (Å²) in [5.41, 5.74) is 7.89. The van der Waals surface area contributed by atoms with Crippen LogP contribution in [0.3, 0.4) is 0 Å². The van der Waals surface area contributed by atoms with Crippen LogP contribution in [0.1, 0.15) is 13.3 Å². The van der Waals surface area contributed by atoms with Crippen LogP contribution in [0, 0.1) is 5.92 Å². The van der Waals surface area contributed by atoms with Gasteiger partial charge < -0.3 is 15.6 Å². The Bertz CT molecular complexity index is 486. The fourth-order valence-corrected chi connectivity index (χ4v) is 2.68. The zero-order valence-corrected chi connectivity index (χ0v) is 10.1. The summed E-state index contributed by atoms with van der Waals surface area (Å²) >= 11 is 0. The largest absolute Gasteiger partial charge is 0.339 e. The Hall–Kier alpha value is -1.55. The van der Waals surface area contributed by atoms with Crippen molar-refractivity contribution in [2.75, 3.05) is 18.0 Å². The lowest BCUT2D eigenvalue weighted by molar-refractivity contribution is 0.579. The molecule has 3 rings (SSSR count). The second-order valence-corrected chi connectivity index (χ2v) is 4.92. The van der Waals surface area contributed by atoms with E-state index in [0.29, 0.717) is 12.0 Å². The molecule has 2 aromatic rings. The zero-order valence-electron chi connectivity index (χ0n) is 10.1. The number of anilines is 1. The van der Waals surface area contributed by atoms with E-state index < -0.39 is 0 Å². The third-order valence-corrected chi connectivity index (χ3v) is 3.64. The average Bonchev–Trinajstić information content (AvgIpc) is 2.91. The van der Waals surface area contributed by atoms with Gasteiger partial charge in [-0.2, -0.15) is 0 Å². The van der Waals surface area contributed by atoms with Crippen LogP contribution in [0.4, 0.5) is 5.95 Å². The fraction of sp³-hybridized carbons (Fsp3) is 0.462. The van der Waals surface area contributed by atoms with Crippen LogP contribution in [0.5, 0.6) is 0 Å². The molecule has 0 bridgehead atoms. The summed E-state index contributed by atoms with van der Waals surface area (Å²) < 4.78 is 0. The molecule has 0 radical (unpaired) electrons. The Balaban J connectivity index is 1.93. The van der Waals surface area contributed by atoms with Crippen molar-refractivity contribution in [3.8, 4) is 0 Å². The summed E-state index contributed by atoms with van der Waals surface area (Å²) in [5, 5.41) is 0. The summed E-state index contributed by atoms with van der Waals surface area (Å²) in [6, 6.07) is 8.66. The number of hydrogen-bond donors (Lipinski definition) is 2. The van der Waals surface area contributed by atoms with Crippen LogP contribution in [0.15, 0.2) is 24.3 Å². The van der Waals surface area contributed by atoms with Gasteiger partial charge in [-0.05, 0) is 37.9 Å². The van der Waals surface area contributed by atoms with Gasteiger partial charge in [0.25, 0.3) is 0 Å². The molecular formula is C13H18N4. The summed E-state index contributed by atoms with van der Waals surface area (Å²) in [6.07, 6.45) is 1.16. The van der Waals surface area contributed by atoms with Crippen LogP contribution >= 0.6 is 0 Å². The summed E-state index contributed by atoms with van der Waals surface area (Å²) in [5.74, 6) is 1.58. The lowest BCUT2D eigenvalue weighted by Gasteiger charge is -2.20. The van der Waals surface area contributed by atoms with Crippen molar-refractivity contribution < 1.29 is 0 Å². The van der Waals surface area contributed by atoms with E-state index in [1.165, 1.54) is 0 Å². The van der Waals surface area contributed by atoms with E-state index in [1.807, 2.05) is 18.2 Å². The number of benzene rings is 1. The summed E-state index contributed by atoms with van der Waals surface area (Å²) in [6.45, 7) is 4.02. The van der Waals surface area contributed by atoms with Crippen molar-refractivity contribution in [2.24, 2.45) is 11.7 Å². The van der Waals surface area contributed by atoms with Crippen LogP contribution in [0.2, 0.25) is 0 Å². The van der Waals surface area contributed by atoms with Gasteiger partial charge in [-0.3, -0.25) is 0 Å². The quantitative estimate of drug-likeness (QED) is 0.826. The molecule has 1 fully saturated rings. The molecule has 90 valence electrons. The van der Waals surface area contributed by atoms with Gasteiger partial charge in [-0.25, -0.2) is 4.98 Å². The van der Waals surface area contributed by atoms with E-state index in [-0.39, 0.29) is 0 Å². The van der Waals surface area contributed by atoms with Crippen LogP contribution in [-0.2, 0) is 0 Å². The van der Waals surface area contributed by atoms with Crippen molar-refractivity contribution in [2.45, 2.75) is 19.4 Å². The maximum absolute atomic E-state index is 5.75. The second-order valence-electron chi connectivity index (χ2n) is 4.92. The minimum Gasteiger partial charge on any atom is -0.339 e. The molecule has 1 saturated heterocycles. The van der Waals surface area contributed by atoms with Crippen molar-refractivity contribution in [3.63, 3.8) is 0 Å². The predicted molar refractivity (Wildman–Crippen MR) is 70.1 cm³/mol. The average molecular weight is 230 g/mol. The van der Waals surface area contributed by atoms with E-state index >= 15 is 0 Å². The van der Waals surface area contributed by atoms with Crippen LogP contribution < -0.4 is 10.6 Å². The molecule has 0 amide bonds. The summed E-state index contributed by atoms with van der Waals surface area (Å²) in [7, 11) is 0. The maximum atomic E-state index is 5.75. The monoisotopic (exact) mass is 230 g/mol. The van der Waals surface area contributed by atoms with Crippen molar-refractivity contribution >= 4 is 17.0 Å². The number of hydrogen-bond acceptors (Lipinski definition) is 3. The second kappa shape index (κ2) is 4.04. The number of aromatic amines is 1. The van der Waals surface area contributed by atoms with E-state index in [9.17, 15) is 0 Å². The molecule has 17 heavy (non-hydrogen) atoms. The first-order chi connectivity index (χ1) is 8.28. The smallest absolute Gasteiger partial charge is 0.204 e. The van der Waals surface area contributed by atoms with Gasteiger partial charge in [0.15, 0.2) is 0 Å². The lowest BCUT2D eigenvalue weighted by Crippen LogP contribution is -2.28. The standard InChI is InChI=1S/C13H18N4/c1-9-6-10(7-14)8-17(9)13-15-11-4-2-3-5-12(11)16-13/h2-5,9-10H,6-8,14H2,1H3,(H,15,16). The molecule has 0 spiro atoms. The Morgan fingerprint density at radius 2 is 2.29 bits per heavy atom. The highest BCUT2D eigenvalue weighted by Crippen LogP contribution is 2.27. The third kappa shape index (κ3) is 1.78. The van der Waals surface area contributed by atoms with E-state index in [0.717, 1.165) is 36.5 Å². The molecule has 1 aliphatic heterocycles. The maximum Gasteiger partial charge on any atom is 0.204 e. The van der Waals surface area contributed by atoms with Gasteiger partial charge in [-0.15, -0.1) is 0 Å². The SMILES string of the molecule is CC1CC(CN)CN1c1nc2ccccc2[nH]1. The van der Waals surface area contributed by atoms with Crippen LogP contribution in [0.25, 0.3) is 11.0 Å². The molecule has 0 aliphatic carbocycles. The van der Waals surface area contributed by atoms with Crippen molar-refractivity contribution in [1.29, 1.82) is 0 Å². The Labute approximate surface area is 101 Å². The number of para-hydroxylation sites is 2. The molecule has 2 atom stereocenters. The number of nitrogens with zero attached hydrogens (tertiary/aromatic N) is 2. The number of fused-ring (bicyclic) bond motifs is 1. The van der Waals surface area contributed by atoms with Gasteiger partial charge in [0.2, 0.25) is 5.95 Å². The molecule has 4 nitrogen and oxygen atoms in total. The number of imidazole rings is 1. The first kappa shape index (κ1) is 10.6. The molecule has 0 saturated carbocycles. The Kier molecular flexibility index (Phi) is 2.52. The van der Waals surface area contributed by atoms with E-state index in [4.69, 9.17) is 5.73 Å². The predicted octanol–water partition coefficient (Wildman–Crippen LogP) is 1.74. The number of rotatable bonds is 2. The zero-order chi connectivity index (χ0) is 11.8. The highest BCUT2D eigenvalue weighted by molar-refractivity contribution is 5.77. The van der Waals surface area contributed by atoms with Gasteiger partial charge in [0.05, 0.1) is 11.0 Å². The van der Waals surface area contributed by atoms with Gasteiger partial charge in [0.1, 0.15) is 0 Å². The number of H-pyrrole nitrogens is 1. The molecule has 1 aliphatic rings. The highest BCUT2D eigenvalue weighted by atomic mass is 15.3.